The van der Waals surface area contributed by atoms with Crippen LogP contribution in [0.15, 0.2) is 115 Å². The van der Waals surface area contributed by atoms with Crippen molar-refractivity contribution in [3.05, 3.63) is 143 Å². The molecule has 9 atom stereocenters. The van der Waals surface area contributed by atoms with Gasteiger partial charge in [0.05, 0.1) is 13.2 Å². The highest BCUT2D eigenvalue weighted by Crippen LogP contribution is 2.27. The number of amides is 11. The van der Waals surface area contributed by atoms with Gasteiger partial charge in [-0.1, -0.05) is 142 Å². The summed E-state index contributed by atoms with van der Waals surface area (Å²) in [5, 5.41) is 49.2. The minimum absolute atomic E-state index is 0.0219. The predicted octanol–water partition coefficient (Wildman–Crippen LogP) is 5.37. The zero-order chi connectivity index (χ0) is 89.7. The van der Waals surface area contributed by atoms with Crippen LogP contribution in [0.5, 0.6) is 0 Å². The number of anilines is 4. The molecule has 1 aliphatic heterocycles. The second-order valence-corrected chi connectivity index (χ2v) is 32.7. The van der Waals surface area contributed by atoms with Crippen LogP contribution in [-0.2, 0) is 78.4 Å². The molecule has 123 heavy (non-hydrogen) atoms. The molecule has 7 aromatic rings. The maximum absolute atomic E-state index is 16.1. The van der Waals surface area contributed by atoms with Crippen LogP contribution in [0.3, 0.4) is 0 Å². The van der Waals surface area contributed by atoms with Crippen molar-refractivity contribution in [3.8, 4) is 22.8 Å². The van der Waals surface area contributed by atoms with Crippen LogP contribution < -0.4 is 69.5 Å². The standard InChI is InChI=1S/C88H121ClN22O12/c1-15-91-85-103-75(105-87(107-85)94-52(7)8)60-35-29-56(30-36-60)45-68(79(118)99-66(43-50(3)4)77(116)98-65(27-19-20-41-93-51(5)6)84(123)111-42-22-28-71(111)81(120)96-54(11)74(90)115)101-82(121)72(46-58-31-37-61(38-32-58)76-104-86(92-16-2)108-88(106-76)95-53(9)10)110(14)83(122)70(49-112)102-80(119)69(47-62-25-21-24-59-23-17-18-26-64(59)62)100-78(117)67(44-57-33-39-63(89)40-34-57)97-73(114)48-109(13)55(12)113/h17-18,21,23-26,29-40,50-54,65-72,93,112H,15-16,19-20,22,27-28,41-49H2,1-14H3,(H2,90,115)(H,96,120)(H,97,114)(H,98,116)(H,99,118)(H,100,117)(H,101,121)(H,102,119)(H2,91,94,103,105,107)(H2,92,95,104,106,108)/t54-,65-,66-,67-,68-,69-,70-,71-,72-/m0/s1. The molecule has 0 unspecified atom stereocenters. The number of nitrogens with zero attached hydrogens (tertiary/aromatic N) is 9. The molecule has 0 saturated carbocycles. The molecule has 34 nitrogen and oxygen atoms in total. The summed E-state index contributed by atoms with van der Waals surface area (Å²) in [5.74, 6) is -6.69. The van der Waals surface area contributed by atoms with Crippen molar-refractivity contribution < 1.29 is 57.8 Å². The third-order valence-corrected chi connectivity index (χ3v) is 20.8. The van der Waals surface area contributed by atoms with Crippen LogP contribution >= 0.6 is 11.6 Å². The van der Waals surface area contributed by atoms with Gasteiger partial charge in [0, 0.05) is 101 Å². The summed E-state index contributed by atoms with van der Waals surface area (Å²) in [6.07, 6.45) is 1.12. The smallest absolute Gasteiger partial charge is 0.247 e. The first-order valence-electron chi connectivity index (χ1n) is 42.1. The number of aliphatic hydroxyl groups is 1. The van der Waals surface area contributed by atoms with Gasteiger partial charge in [-0.15, -0.1) is 0 Å². The molecule has 1 fully saturated rings. The van der Waals surface area contributed by atoms with Gasteiger partial charge in [-0.05, 0) is 145 Å². The van der Waals surface area contributed by atoms with E-state index in [-0.39, 0.29) is 75.5 Å². The molecule has 5 aromatic carbocycles. The molecule has 0 radical (unpaired) electrons. The van der Waals surface area contributed by atoms with E-state index >= 15 is 24.0 Å². The van der Waals surface area contributed by atoms with Crippen LogP contribution in [0.4, 0.5) is 23.8 Å². The Labute approximate surface area is 724 Å². The molecule has 0 spiro atoms. The Morgan fingerprint density at radius 2 is 1.02 bits per heavy atom. The molecule has 1 aliphatic rings. The monoisotopic (exact) mass is 1710 g/mol. The number of nitrogens with one attached hydrogen (secondary N) is 12. The topological polar surface area (TPSA) is 465 Å². The fraction of sp³-hybridized carbons (Fsp3) is 0.489. The maximum atomic E-state index is 16.1. The van der Waals surface area contributed by atoms with E-state index in [0.717, 1.165) is 20.6 Å². The van der Waals surface area contributed by atoms with Crippen LogP contribution in [0.2, 0.25) is 5.02 Å². The number of likely N-dealkylation sites (N-methyl/N-ethyl adjacent to an activating group) is 2. The number of fused-ring (bicyclic) bond motifs is 1. The fourth-order valence-corrected chi connectivity index (χ4v) is 14.1. The number of primary amides is 1. The largest absolute Gasteiger partial charge is 0.394 e. The number of unbranched alkanes of at least 4 members (excludes halogenated alkanes) is 1. The molecule has 35 heteroatoms. The number of halogens is 1. The Hall–Kier alpha value is -12.0. The summed E-state index contributed by atoms with van der Waals surface area (Å²) in [4.78, 5) is 191. The first-order valence-corrected chi connectivity index (χ1v) is 42.4. The number of carbonyl (C=O) groups is 11. The number of aliphatic hydroxyl groups excluding tert-OH is 1. The van der Waals surface area contributed by atoms with E-state index in [1.807, 2.05) is 99.6 Å². The summed E-state index contributed by atoms with van der Waals surface area (Å²) in [6.45, 7) is 22.3. The lowest BCUT2D eigenvalue weighted by atomic mass is 9.97. The Bertz CT molecular complexity index is 4770. The summed E-state index contributed by atoms with van der Waals surface area (Å²) in [7, 11) is 2.72. The van der Waals surface area contributed by atoms with E-state index in [4.69, 9.17) is 27.3 Å². The third kappa shape index (κ3) is 29.4. The Balaban J connectivity index is 1.20. The number of benzene rings is 5. The van der Waals surface area contributed by atoms with E-state index in [9.17, 15) is 33.9 Å². The lowest BCUT2D eigenvalue weighted by molar-refractivity contribution is -0.144. The zero-order valence-corrected chi connectivity index (χ0v) is 73.5. The molecule has 1 saturated heterocycles. The normalized spacial score (nSPS) is 14.5. The highest BCUT2D eigenvalue weighted by Gasteiger charge is 2.41. The van der Waals surface area contributed by atoms with Gasteiger partial charge in [-0.25, -0.2) is 0 Å². The summed E-state index contributed by atoms with van der Waals surface area (Å²) in [6, 6.07) is 20.7. The number of hydrogen-bond acceptors (Lipinski definition) is 23. The van der Waals surface area contributed by atoms with Crippen molar-refractivity contribution in [2.24, 2.45) is 11.7 Å². The maximum Gasteiger partial charge on any atom is 0.247 e. The Kier molecular flexibility index (Phi) is 36.7. The summed E-state index contributed by atoms with van der Waals surface area (Å²) < 4.78 is 0. The Morgan fingerprint density at radius 3 is 1.55 bits per heavy atom. The van der Waals surface area contributed by atoms with Crippen molar-refractivity contribution in [2.45, 2.75) is 220 Å². The van der Waals surface area contributed by atoms with Gasteiger partial charge in [0.1, 0.15) is 54.4 Å². The van der Waals surface area contributed by atoms with E-state index < -0.39 is 133 Å². The van der Waals surface area contributed by atoms with Crippen molar-refractivity contribution in [1.82, 2.24) is 87.1 Å². The minimum atomic E-state index is -1.84. The highest BCUT2D eigenvalue weighted by molar-refractivity contribution is 6.30. The second kappa shape index (κ2) is 46.8. The number of aromatic nitrogens is 6. The zero-order valence-electron chi connectivity index (χ0n) is 72.7. The van der Waals surface area contributed by atoms with E-state index in [0.29, 0.717) is 113 Å². The fourth-order valence-electron chi connectivity index (χ4n) is 14.0. The molecule has 15 N–H and O–H groups in total. The molecule has 2 aromatic heterocycles. The first kappa shape index (κ1) is 96.4. The predicted molar refractivity (Wildman–Crippen MR) is 473 cm³/mol. The molecule has 3 heterocycles. The minimum Gasteiger partial charge on any atom is -0.394 e. The van der Waals surface area contributed by atoms with E-state index in [1.165, 1.54) is 32.8 Å². The highest BCUT2D eigenvalue weighted by atomic mass is 35.5. The van der Waals surface area contributed by atoms with Gasteiger partial charge in [0.25, 0.3) is 0 Å². The molecule has 662 valence electrons. The van der Waals surface area contributed by atoms with Crippen LogP contribution in [-0.4, -0.2) is 241 Å². The third-order valence-electron chi connectivity index (χ3n) is 20.5. The Morgan fingerprint density at radius 1 is 0.537 bits per heavy atom. The summed E-state index contributed by atoms with van der Waals surface area (Å²) >= 11 is 6.27. The van der Waals surface area contributed by atoms with Gasteiger partial charge in [0.2, 0.25) is 88.8 Å². The number of hydrogen-bond donors (Lipinski definition) is 14. The number of likely N-dealkylation sites (tertiary alicyclic amines) is 1. The molecule has 0 aliphatic carbocycles. The van der Waals surface area contributed by atoms with Gasteiger partial charge >= 0.3 is 0 Å². The van der Waals surface area contributed by atoms with Crippen molar-refractivity contribution in [2.75, 3.05) is 74.7 Å². The van der Waals surface area contributed by atoms with Gasteiger partial charge in [-0.2, -0.15) is 29.9 Å². The van der Waals surface area contributed by atoms with Gasteiger partial charge in [-0.3, -0.25) is 52.7 Å². The molecule has 11 amide bonds. The quantitative estimate of drug-likeness (QED) is 0.0213. The van der Waals surface area contributed by atoms with E-state index in [1.54, 1.807) is 84.9 Å². The average molecular weight is 1710 g/mol. The molecule has 8 rings (SSSR count). The first-order chi connectivity index (χ1) is 58.6. The van der Waals surface area contributed by atoms with Gasteiger partial charge in [0.15, 0.2) is 11.6 Å². The molecule has 0 bridgehead atoms. The number of rotatable bonds is 46. The second-order valence-electron chi connectivity index (χ2n) is 32.3. The van der Waals surface area contributed by atoms with E-state index in [2.05, 4.69) is 83.7 Å². The number of carbonyl (C=O) groups excluding carboxylic acids is 11. The van der Waals surface area contributed by atoms with Gasteiger partial charge < -0.3 is 89.3 Å². The van der Waals surface area contributed by atoms with Crippen molar-refractivity contribution >= 4 is 111 Å². The summed E-state index contributed by atoms with van der Waals surface area (Å²) in [5.41, 5.74) is 8.74. The number of nitrogens with two attached hydrogens (primary N) is 1. The SMILES string of the molecule is CCNc1nc(NC(C)C)nc(-c2ccc(C[C@H](NC(=O)[C@H](Cc3ccc(-c4nc(NCC)nc(NC(C)C)n4)cc3)N(C)C(=O)[C@H](CO)NC(=O)[C@H](Cc3cccc4ccccc34)NC(=O)[C@H](Cc3ccc(Cl)cc3)NC(=O)CN(C)C(C)=O)C(=O)N[C@@H](CC(C)C)C(=O)N[C@@H](CCCCNC(C)C)C(=O)N3CCC[C@H]3C(=O)N[C@@H](C)C(N)=O)cc2)n1. The average Bonchev–Trinajstić information content (AvgIpc) is 1.76. The van der Waals surface area contributed by atoms with Crippen LogP contribution in [0.25, 0.3) is 33.5 Å². The lowest BCUT2D eigenvalue weighted by Gasteiger charge is -2.33. The molecular weight excluding hydrogens is 1590 g/mol. The van der Waals surface area contributed by atoms with Crippen LogP contribution in [0, 0.1) is 5.92 Å². The molecular formula is C88H121ClN22O12. The van der Waals surface area contributed by atoms with Crippen molar-refractivity contribution in [3.63, 3.8) is 0 Å². The van der Waals surface area contributed by atoms with Crippen LogP contribution in [0.1, 0.15) is 144 Å². The van der Waals surface area contributed by atoms with Crippen molar-refractivity contribution in [1.29, 1.82) is 0 Å². The lowest BCUT2D eigenvalue weighted by Crippen LogP contribution is -2.62.